The first-order valence-electron chi connectivity index (χ1n) is 4.48. The molecule has 0 saturated carbocycles. The highest BCUT2D eigenvalue weighted by Crippen LogP contribution is 2.25. The van der Waals surface area contributed by atoms with Crippen LogP contribution >= 0.6 is 15.9 Å². The Hall–Kier alpha value is -1.13. The highest BCUT2D eigenvalue weighted by Gasteiger charge is 2.28. The number of halogens is 5. The number of rotatable bonds is 3. The highest BCUT2D eigenvalue weighted by molar-refractivity contribution is 9.10. The van der Waals surface area contributed by atoms with Crippen LogP contribution in [0, 0.1) is 17.1 Å². The number of nitrogens with zero attached hydrogens (tertiary/aromatic N) is 1. The molecule has 1 atom stereocenters. The third-order valence-corrected chi connectivity index (χ3v) is 2.63. The molecule has 0 bridgehead atoms. The molecular formula is C10H7BrF4N2. The van der Waals surface area contributed by atoms with Crippen molar-refractivity contribution in [2.75, 3.05) is 6.54 Å². The number of hydrogen-bond donors (Lipinski definition) is 1. The van der Waals surface area contributed by atoms with E-state index in [4.69, 9.17) is 5.26 Å². The molecule has 0 aliphatic carbocycles. The highest BCUT2D eigenvalue weighted by atomic mass is 79.9. The van der Waals surface area contributed by atoms with Crippen molar-refractivity contribution < 1.29 is 17.6 Å². The molecule has 1 N–H and O–H groups in total. The van der Waals surface area contributed by atoms with Gasteiger partial charge in [-0.1, -0.05) is 15.9 Å². The van der Waals surface area contributed by atoms with E-state index in [0.29, 0.717) is 4.47 Å². The van der Waals surface area contributed by atoms with E-state index in [9.17, 15) is 17.6 Å². The molecule has 0 spiro atoms. The largest absolute Gasteiger partial charge is 0.401 e. The Balaban J connectivity index is 2.88. The van der Waals surface area contributed by atoms with Gasteiger partial charge >= 0.3 is 6.18 Å². The van der Waals surface area contributed by atoms with Crippen LogP contribution in [0.25, 0.3) is 0 Å². The average Bonchev–Trinajstić information content (AvgIpc) is 2.22. The molecule has 1 rings (SSSR count). The Morgan fingerprint density at radius 2 is 2.06 bits per heavy atom. The minimum atomic E-state index is -4.42. The molecule has 1 unspecified atom stereocenters. The number of benzene rings is 1. The van der Waals surface area contributed by atoms with Crippen LogP contribution in [-0.4, -0.2) is 12.7 Å². The SMILES string of the molecule is N#CC(NCC(F)(F)F)c1cc(F)ccc1Br. The monoisotopic (exact) mass is 310 g/mol. The molecule has 0 radical (unpaired) electrons. The number of nitriles is 1. The van der Waals surface area contributed by atoms with Gasteiger partial charge in [0.25, 0.3) is 0 Å². The normalized spacial score (nSPS) is 13.2. The zero-order valence-corrected chi connectivity index (χ0v) is 9.94. The maximum Gasteiger partial charge on any atom is 0.401 e. The van der Waals surface area contributed by atoms with E-state index in [1.165, 1.54) is 6.07 Å². The van der Waals surface area contributed by atoms with Crippen LogP contribution in [0.15, 0.2) is 22.7 Å². The minimum absolute atomic E-state index is 0.136. The molecule has 1 aromatic rings. The van der Waals surface area contributed by atoms with Crippen LogP contribution < -0.4 is 5.32 Å². The van der Waals surface area contributed by atoms with Gasteiger partial charge in [0, 0.05) is 10.0 Å². The lowest BCUT2D eigenvalue weighted by molar-refractivity contribution is -0.125. The lowest BCUT2D eigenvalue weighted by atomic mass is 10.1. The molecule has 1 aromatic carbocycles. The van der Waals surface area contributed by atoms with Gasteiger partial charge in [0.2, 0.25) is 0 Å². The predicted molar refractivity (Wildman–Crippen MR) is 56.5 cm³/mol. The first-order valence-corrected chi connectivity index (χ1v) is 5.27. The van der Waals surface area contributed by atoms with Crippen LogP contribution in [0.4, 0.5) is 17.6 Å². The van der Waals surface area contributed by atoms with Crippen LogP contribution in [0.1, 0.15) is 11.6 Å². The fraction of sp³-hybridized carbons (Fsp3) is 0.300. The van der Waals surface area contributed by atoms with Gasteiger partial charge in [-0.2, -0.15) is 18.4 Å². The fourth-order valence-corrected chi connectivity index (χ4v) is 1.65. The van der Waals surface area contributed by atoms with Crippen LogP contribution in [-0.2, 0) is 0 Å². The summed E-state index contributed by atoms with van der Waals surface area (Å²) in [7, 11) is 0. The topological polar surface area (TPSA) is 35.8 Å². The van der Waals surface area contributed by atoms with Gasteiger partial charge in [0.15, 0.2) is 0 Å². The summed E-state index contributed by atoms with van der Waals surface area (Å²) in [6, 6.07) is 3.93. The molecule has 0 aliphatic heterocycles. The summed E-state index contributed by atoms with van der Waals surface area (Å²) >= 11 is 3.05. The average molecular weight is 311 g/mol. The standard InChI is InChI=1S/C10H7BrF4N2/c11-8-2-1-6(12)3-7(8)9(4-16)17-5-10(13,14)15/h1-3,9,17H,5H2. The van der Waals surface area contributed by atoms with Gasteiger partial charge in [-0.15, -0.1) is 0 Å². The minimum Gasteiger partial charge on any atom is -0.290 e. The van der Waals surface area contributed by atoms with Crippen LogP contribution in [0.2, 0.25) is 0 Å². The van der Waals surface area contributed by atoms with Crippen molar-refractivity contribution in [1.82, 2.24) is 5.32 Å². The first-order chi connectivity index (χ1) is 7.83. The first kappa shape index (κ1) is 13.9. The third-order valence-electron chi connectivity index (χ3n) is 1.90. The zero-order chi connectivity index (χ0) is 13.1. The number of alkyl halides is 3. The number of hydrogen-bond acceptors (Lipinski definition) is 2. The molecule has 2 nitrogen and oxygen atoms in total. The second-order valence-corrected chi connectivity index (χ2v) is 4.08. The van der Waals surface area contributed by atoms with Gasteiger partial charge in [0.1, 0.15) is 11.9 Å². The molecule has 0 heterocycles. The molecule has 0 aliphatic rings. The van der Waals surface area contributed by atoms with E-state index in [-0.39, 0.29) is 5.56 Å². The zero-order valence-electron chi connectivity index (χ0n) is 8.35. The Morgan fingerprint density at radius 1 is 1.41 bits per heavy atom. The van der Waals surface area contributed by atoms with Gasteiger partial charge in [-0.05, 0) is 18.2 Å². The predicted octanol–water partition coefficient (Wildman–Crippen LogP) is 3.30. The Labute approximate surface area is 103 Å². The van der Waals surface area contributed by atoms with E-state index >= 15 is 0 Å². The van der Waals surface area contributed by atoms with E-state index in [1.54, 1.807) is 6.07 Å². The van der Waals surface area contributed by atoms with Crippen molar-refractivity contribution in [3.05, 3.63) is 34.1 Å². The van der Waals surface area contributed by atoms with Crippen molar-refractivity contribution in [3.8, 4) is 6.07 Å². The maximum atomic E-state index is 12.9. The Morgan fingerprint density at radius 3 is 2.59 bits per heavy atom. The molecule has 17 heavy (non-hydrogen) atoms. The van der Waals surface area contributed by atoms with E-state index in [1.807, 2.05) is 5.32 Å². The van der Waals surface area contributed by atoms with E-state index < -0.39 is 24.6 Å². The summed E-state index contributed by atoms with van der Waals surface area (Å²) in [5, 5.41) is 10.8. The van der Waals surface area contributed by atoms with Gasteiger partial charge in [0.05, 0.1) is 12.6 Å². The summed E-state index contributed by atoms with van der Waals surface area (Å²) < 4.78 is 49.3. The smallest absolute Gasteiger partial charge is 0.290 e. The van der Waals surface area contributed by atoms with E-state index in [0.717, 1.165) is 12.1 Å². The van der Waals surface area contributed by atoms with Gasteiger partial charge in [-0.3, -0.25) is 5.32 Å². The second kappa shape index (κ2) is 5.47. The van der Waals surface area contributed by atoms with Crippen molar-refractivity contribution in [2.24, 2.45) is 0 Å². The molecular weight excluding hydrogens is 304 g/mol. The summed E-state index contributed by atoms with van der Waals surface area (Å²) in [6.07, 6.45) is -4.42. The molecule has 0 aromatic heterocycles. The molecule has 0 fully saturated rings. The Bertz CT molecular complexity index is 439. The third kappa shape index (κ3) is 4.32. The van der Waals surface area contributed by atoms with Gasteiger partial charge in [-0.25, -0.2) is 4.39 Å². The summed E-state index contributed by atoms with van der Waals surface area (Å²) in [5.74, 6) is -0.614. The van der Waals surface area contributed by atoms with E-state index in [2.05, 4.69) is 15.9 Å². The quantitative estimate of drug-likeness (QED) is 0.870. The van der Waals surface area contributed by atoms with Crippen molar-refractivity contribution >= 4 is 15.9 Å². The van der Waals surface area contributed by atoms with Crippen LogP contribution in [0.3, 0.4) is 0 Å². The molecule has 0 amide bonds. The fourth-order valence-electron chi connectivity index (χ4n) is 1.18. The van der Waals surface area contributed by atoms with Crippen LogP contribution in [0.5, 0.6) is 0 Å². The maximum absolute atomic E-state index is 12.9. The molecule has 7 heteroatoms. The summed E-state index contributed by atoms with van der Waals surface area (Å²) in [4.78, 5) is 0. The van der Waals surface area contributed by atoms with Gasteiger partial charge < -0.3 is 0 Å². The van der Waals surface area contributed by atoms with Crippen molar-refractivity contribution in [3.63, 3.8) is 0 Å². The molecule has 92 valence electrons. The van der Waals surface area contributed by atoms with Crippen molar-refractivity contribution in [1.29, 1.82) is 5.26 Å². The molecule has 0 saturated heterocycles. The Kier molecular flexibility index (Phi) is 4.48. The van der Waals surface area contributed by atoms with Crippen molar-refractivity contribution in [2.45, 2.75) is 12.2 Å². The lowest BCUT2D eigenvalue weighted by Crippen LogP contribution is -2.31. The summed E-state index contributed by atoms with van der Waals surface area (Å²) in [5.41, 5.74) is 0.136. The second-order valence-electron chi connectivity index (χ2n) is 3.22. The number of nitrogens with one attached hydrogen (secondary N) is 1. The lowest BCUT2D eigenvalue weighted by Gasteiger charge is -2.15. The summed E-state index contributed by atoms with van der Waals surface area (Å²) in [6.45, 7) is -1.31.